The van der Waals surface area contributed by atoms with E-state index in [0.717, 1.165) is 17.0 Å². The first-order valence-corrected chi connectivity index (χ1v) is 6.08. The van der Waals surface area contributed by atoms with E-state index in [1.807, 2.05) is 11.4 Å². The quantitative estimate of drug-likeness (QED) is 0.871. The topological polar surface area (TPSA) is 51.8 Å². The van der Waals surface area contributed by atoms with Gasteiger partial charge in [-0.2, -0.15) is 0 Å². The molecule has 1 atom stereocenters. The zero-order valence-electron chi connectivity index (χ0n) is 7.80. The summed E-state index contributed by atoms with van der Waals surface area (Å²) in [5.74, 6) is 0. The second-order valence-corrected chi connectivity index (χ2v) is 4.70. The molecule has 3 nitrogen and oxygen atoms in total. The summed E-state index contributed by atoms with van der Waals surface area (Å²) in [6.07, 6.45) is 0.894. The predicted octanol–water partition coefficient (Wildman–Crippen LogP) is 2.21. The average Bonchev–Trinajstić information content (AvgIpc) is 2.87. The minimum Gasteiger partial charge on any atom is -0.319 e. The van der Waals surface area contributed by atoms with Crippen molar-refractivity contribution in [2.45, 2.75) is 19.4 Å². The lowest BCUT2D eigenvalue weighted by atomic mass is 10.1. The molecule has 0 aliphatic rings. The Morgan fingerprint density at radius 3 is 3.07 bits per heavy atom. The fourth-order valence-electron chi connectivity index (χ4n) is 1.29. The summed E-state index contributed by atoms with van der Waals surface area (Å²) in [5.41, 5.74) is 7.15. The summed E-state index contributed by atoms with van der Waals surface area (Å²) in [6.45, 7) is 2.07. The fourth-order valence-corrected chi connectivity index (χ4v) is 2.86. The SMILES string of the molecule is CCc1nnsc1C(N)c1cccs1. The molecule has 5 heteroatoms. The van der Waals surface area contributed by atoms with Gasteiger partial charge in [0.2, 0.25) is 0 Å². The van der Waals surface area contributed by atoms with E-state index in [4.69, 9.17) is 5.73 Å². The third-order valence-corrected chi connectivity index (χ3v) is 3.86. The van der Waals surface area contributed by atoms with Crippen molar-refractivity contribution in [2.24, 2.45) is 5.73 Å². The van der Waals surface area contributed by atoms with Crippen molar-refractivity contribution in [3.05, 3.63) is 33.0 Å². The average molecular weight is 225 g/mol. The Labute approximate surface area is 90.8 Å². The van der Waals surface area contributed by atoms with Crippen LogP contribution in [0.2, 0.25) is 0 Å². The molecular formula is C9H11N3S2. The summed E-state index contributed by atoms with van der Waals surface area (Å²) in [7, 11) is 0. The van der Waals surface area contributed by atoms with Gasteiger partial charge in [-0.15, -0.1) is 16.4 Å². The van der Waals surface area contributed by atoms with Crippen molar-refractivity contribution < 1.29 is 0 Å². The summed E-state index contributed by atoms with van der Waals surface area (Å²) >= 11 is 3.08. The van der Waals surface area contributed by atoms with Crippen LogP contribution in [0.4, 0.5) is 0 Å². The third kappa shape index (κ3) is 1.70. The van der Waals surface area contributed by atoms with E-state index in [1.54, 1.807) is 11.3 Å². The van der Waals surface area contributed by atoms with Crippen LogP contribution in [0.3, 0.4) is 0 Å². The van der Waals surface area contributed by atoms with Crippen LogP contribution in [0.15, 0.2) is 17.5 Å². The molecule has 74 valence electrons. The smallest absolute Gasteiger partial charge is 0.0804 e. The van der Waals surface area contributed by atoms with Crippen molar-refractivity contribution in [1.82, 2.24) is 9.59 Å². The van der Waals surface area contributed by atoms with Crippen molar-refractivity contribution in [3.63, 3.8) is 0 Å². The number of aromatic nitrogens is 2. The van der Waals surface area contributed by atoms with Crippen molar-refractivity contribution >= 4 is 22.9 Å². The highest BCUT2D eigenvalue weighted by Crippen LogP contribution is 2.27. The maximum absolute atomic E-state index is 6.12. The lowest BCUT2D eigenvalue weighted by Gasteiger charge is -2.06. The molecule has 14 heavy (non-hydrogen) atoms. The number of nitrogens with zero attached hydrogens (tertiary/aromatic N) is 2. The van der Waals surface area contributed by atoms with Crippen LogP contribution in [0.5, 0.6) is 0 Å². The molecule has 0 bridgehead atoms. The molecule has 2 heterocycles. The molecule has 2 rings (SSSR count). The Kier molecular flexibility index (Phi) is 2.90. The van der Waals surface area contributed by atoms with Gasteiger partial charge in [-0.05, 0) is 29.4 Å². The minimum absolute atomic E-state index is 0.0510. The highest BCUT2D eigenvalue weighted by atomic mass is 32.1. The summed E-state index contributed by atoms with van der Waals surface area (Å²) in [6, 6.07) is 4.01. The van der Waals surface area contributed by atoms with Crippen molar-refractivity contribution in [3.8, 4) is 0 Å². The van der Waals surface area contributed by atoms with Crippen LogP contribution in [-0.2, 0) is 6.42 Å². The van der Waals surface area contributed by atoms with Crippen LogP contribution in [-0.4, -0.2) is 9.59 Å². The van der Waals surface area contributed by atoms with Gasteiger partial charge in [0.1, 0.15) is 0 Å². The molecule has 0 aliphatic carbocycles. The summed E-state index contributed by atoms with van der Waals surface area (Å²) in [5, 5.41) is 6.10. The monoisotopic (exact) mass is 225 g/mol. The second kappa shape index (κ2) is 4.16. The summed E-state index contributed by atoms with van der Waals surface area (Å²) in [4.78, 5) is 2.26. The first-order valence-electron chi connectivity index (χ1n) is 4.43. The first kappa shape index (κ1) is 9.76. The van der Waals surface area contributed by atoms with E-state index in [1.165, 1.54) is 16.4 Å². The lowest BCUT2D eigenvalue weighted by Crippen LogP contribution is -2.10. The van der Waals surface area contributed by atoms with Gasteiger partial charge in [-0.3, -0.25) is 0 Å². The molecule has 0 radical (unpaired) electrons. The molecule has 2 aromatic rings. The van der Waals surface area contributed by atoms with Crippen LogP contribution in [0.25, 0.3) is 0 Å². The van der Waals surface area contributed by atoms with Gasteiger partial charge >= 0.3 is 0 Å². The fraction of sp³-hybridized carbons (Fsp3) is 0.333. The van der Waals surface area contributed by atoms with Crippen molar-refractivity contribution in [2.75, 3.05) is 0 Å². The largest absolute Gasteiger partial charge is 0.319 e. The van der Waals surface area contributed by atoms with Gasteiger partial charge in [0.05, 0.1) is 16.6 Å². The number of hydrogen-bond donors (Lipinski definition) is 1. The van der Waals surface area contributed by atoms with E-state index in [2.05, 4.69) is 22.6 Å². The molecule has 0 spiro atoms. The number of rotatable bonds is 3. The number of nitrogens with two attached hydrogens (primary N) is 1. The third-order valence-electron chi connectivity index (χ3n) is 2.05. The Bertz CT molecular complexity index is 394. The zero-order chi connectivity index (χ0) is 9.97. The van der Waals surface area contributed by atoms with E-state index in [0.29, 0.717) is 0 Å². The lowest BCUT2D eigenvalue weighted by molar-refractivity contribution is 0.869. The Hall–Kier alpha value is -0.780. The minimum atomic E-state index is -0.0510. The number of hydrogen-bond acceptors (Lipinski definition) is 5. The second-order valence-electron chi connectivity index (χ2n) is 2.93. The van der Waals surface area contributed by atoms with Gasteiger partial charge in [0.25, 0.3) is 0 Å². The number of aryl methyl sites for hydroxylation is 1. The van der Waals surface area contributed by atoms with Crippen LogP contribution >= 0.6 is 22.9 Å². The zero-order valence-corrected chi connectivity index (χ0v) is 9.44. The van der Waals surface area contributed by atoms with Gasteiger partial charge in [-0.1, -0.05) is 17.5 Å². The van der Waals surface area contributed by atoms with Gasteiger partial charge in [0.15, 0.2) is 0 Å². The summed E-state index contributed by atoms with van der Waals surface area (Å²) < 4.78 is 3.94. The molecule has 1 unspecified atom stereocenters. The predicted molar refractivity (Wildman–Crippen MR) is 59.6 cm³/mol. The molecule has 0 saturated heterocycles. The Balaban J connectivity index is 2.31. The van der Waals surface area contributed by atoms with E-state index in [-0.39, 0.29) is 6.04 Å². The van der Waals surface area contributed by atoms with Gasteiger partial charge < -0.3 is 5.73 Å². The maximum Gasteiger partial charge on any atom is 0.0804 e. The highest BCUT2D eigenvalue weighted by Gasteiger charge is 2.16. The normalized spacial score (nSPS) is 13.0. The molecule has 0 fully saturated rings. The molecule has 2 N–H and O–H groups in total. The molecule has 0 aromatic carbocycles. The Morgan fingerprint density at radius 2 is 2.43 bits per heavy atom. The Morgan fingerprint density at radius 1 is 1.57 bits per heavy atom. The molecule has 2 aromatic heterocycles. The van der Waals surface area contributed by atoms with Crippen molar-refractivity contribution in [1.29, 1.82) is 0 Å². The standard InChI is InChI=1S/C9H11N3S2/c1-2-6-9(14-12-11-6)8(10)7-4-3-5-13-7/h3-5,8H,2,10H2,1H3. The van der Waals surface area contributed by atoms with E-state index in [9.17, 15) is 0 Å². The molecular weight excluding hydrogens is 214 g/mol. The van der Waals surface area contributed by atoms with E-state index >= 15 is 0 Å². The molecule has 0 aliphatic heterocycles. The maximum atomic E-state index is 6.12. The molecule has 0 amide bonds. The molecule has 0 saturated carbocycles. The van der Waals surface area contributed by atoms with E-state index < -0.39 is 0 Å². The van der Waals surface area contributed by atoms with Gasteiger partial charge in [0, 0.05) is 4.88 Å². The van der Waals surface area contributed by atoms with Crippen LogP contribution in [0.1, 0.15) is 28.4 Å². The van der Waals surface area contributed by atoms with Crippen LogP contribution in [0, 0.1) is 0 Å². The first-order chi connectivity index (χ1) is 6.83. The highest BCUT2D eigenvalue weighted by molar-refractivity contribution is 7.10. The number of thiophene rings is 1. The van der Waals surface area contributed by atoms with Gasteiger partial charge in [-0.25, -0.2) is 0 Å². The van der Waals surface area contributed by atoms with Crippen LogP contribution < -0.4 is 5.73 Å².